The molecule has 0 atom stereocenters. The van der Waals surface area contributed by atoms with E-state index in [0.29, 0.717) is 14.9 Å². The zero-order valence-corrected chi connectivity index (χ0v) is 12.5. The fourth-order valence-electron chi connectivity index (χ4n) is 1.41. The Kier molecular flexibility index (Phi) is 4.26. The third-order valence-corrected chi connectivity index (χ3v) is 4.75. The lowest BCUT2D eigenvalue weighted by Gasteiger charge is -2.03. The summed E-state index contributed by atoms with van der Waals surface area (Å²) in [6.45, 7) is 0. The van der Waals surface area contributed by atoms with Crippen molar-refractivity contribution in [2.45, 2.75) is 6.42 Å². The van der Waals surface area contributed by atoms with Crippen molar-refractivity contribution in [2.75, 3.05) is 0 Å². The molecule has 1 aromatic carbocycles. The van der Waals surface area contributed by atoms with E-state index < -0.39 is 0 Å². The lowest BCUT2D eigenvalue weighted by atomic mass is 10.1. The van der Waals surface area contributed by atoms with Gasteiger partial charge in [0.1, 0.15) is 0 Å². The molecule has 0 N–H and O–H groups in total. The molecule has 1 heterocycles. The molecule has 0 amide bonds. The number of rotatable bonds is 3. The van der Waals surface area contributed by atoms with Gasteiger partial charge in [-0.2, -0.15) is 0 Å². The zero-order chi connectivity index (χ0) is 12.4. The Bertz CT molecular complexity index is 565. The summed E-state index contributed by atoms with van der Waals surface area (Å²) in [5, 5.41) is 0.933. The van der Waals surface area contributed by atoms with E-state index >= 15 is 0 Å². The maximum absolute atomic E-state index is 12.0. The highest BCUT2D eigenvalue weighted by molar-refractivity contribution is 9.11. The predicted molar refractivity (Wildman–Crippen MR) is 76.5 cm³/mol. The van der Waals surface area contributed by atoms with Crippen molar-refractivity contribution in [1.82, 2.24) is 0 Å². The van der Waals surface area contributed by atoms with Gasteiger partial charge in [-0.25, -0.2) is 0 Å². The molecule has 0 aliphatic heterocycles. The van der Waals surface area contributed by atoms with Gasteiger partial charge in [0, 0.05) is 6.42 Å². The van der Waals surface area contributed by atoms with E-state index in [0.717, 1.165) is 9.35 Å². The van der Waals surface area contributed by atoms with Crippen LogP contribution in [0.25, 0.3) is 0 Å². The molecule has 0 bridgehead atoms. The number of hydrogen-bond acceptors (Lipinski definition) is 2. The smallest absolute Gasteiger partial charge is 0.177 e. The van der Waals surface area contributed by atoms with Gasteiger partial charge in [0.05, 0.1) is 18.7 Å². The number of thiophene rings is 1. The first-order valence-corrected chi connectivity index (χ1v) is 7.16. The summed E-state index contributed by atoms with van der Waals surface area (Å²) in [6, 6.07) is 8.97. The highest BCUT2D eigenvalue weighted by Gasteiger charge is 2.12. The number of carbonyl (C=O) groups is 1. The Labute approximate surface area is 121 Å². The first kappa shape index (κ1) is 13.1. The van der Waals surface area contributed by atoms with Crippen LogP contribution in [0.2, 0.25) is 10.0 Å². The van der Waals surface area contributed by atoms with Crippen LogP contribution in [0.4, 0.5) is 0 Å². The molecular weight excluding hydrogens is 343 g/mol. The molecule has 0 saturated carbocycles. The maximum Gasteiger partial charge on any atom is 0.177 e. The van der Waals surface area contributed by atoms with Crippen molar-refractivity contribution >= 4 is 56.3 Å². The molecule has 88 valence electrons. The van der Waals surface area contributed by atoms with Crippen molar-refractivity contribution in [3.8, 4) is 0 Å². The highest BCUT2D eigenvalue weighted by Crippen LogP contribution is 2.28. The summed E-state index contributed by atoms with van der Waals surface area (Å²) in [4.78, 5) is 12.7. The third kappa shape index (κ3) is 3.10. The minimum Gasteiger partial charge on any atom is -0.293 e. The Morgan fingerprint density at radius 1 is 1.24 bits per heavy atom. The fraction of sp³-hybridized carbons (Fsp3) is 0.0833. The number of benzene rings is 1. The molecule has 0 radical (unpaired) electrons. The third-order valence-electron chi connectivity index (χ3n) is 2.23. The van der Waals surface area contributed by atoms with Crippen LogP contribution in [-0.4, -0.2) is 5.78 Å². The Balaban J connectivity index is 2.21. The average molecular weight is 350 g/mol. The van der Waals surface area contributed by atoms with Crippen molar-refractivity contribution in [3.05, 3.63) is 54.6 Å². The largest absolute Gasteiger partial charge is 0.293 e. The summed E-state index contributed by atoms with van der Waals surface area (Å²) in [6.07, 6.45) is 0.270. The standard InChI is InChI=1S/C12H7BrCl2OS/c13-11-5-4-10(17-11)9(16)6-7-2-1-3-8(14)12(7)15/h1-5H,6H2. The second kappa shape index (κ2) is 5.53. The predicted octanol–water partition coefficient (Wildman–Crippen LogP) is 5.24. The summed E-state index contributed by atoms with van der Waals surface area (Å²) < 4.78 is 0.943. The van der Waals surface area contributed by atoms with Crippen molar-refractivity contribution in [1.29, 1.82) is 0 Å². The van der Waals surface area contributed by atoms with Crippen LogP contribution in [0.15, 0.2) is 34.1 Å². The summed E-state index contributed by atoms with van der Waals surface area (Å²) in [5.74, 6) is 0.0462. The molecule has 2 aromatic rings. The fourth-order valence-corrected chi connectivity index (χ4v) is 3.12. The number of hydrogen-bond donors (Lipinski definition) is 0. The SMILES string of the molecule is O=C(Cc1cccc(Cl)c1Cl)c1ccc(Br)s1. The topological polar surface area (TPSA) is 17.1 Å². The van der Waals surface area contributed by atoms with Crippen LogP contribution in [0, 0.1) is 0 Å². The average Bonchev–Trinajstić information content (AvgIpc) is 2.72. The molecule has 0 aliphatic rings. The molecule has 2 rings (SSSR count). The van der Waals surface area contributed by atoms with Gasteiger partial charge in [0.25, 0.3) is 0 Å². The maximum atomic E-state index is 12.0. The molecular formula is C12H7BrCl2OS. The van der Waals surface area contributed by atoms with Crippen molar-refractivity contribution in [3.63, 3.8) is 0 Å². The van der Waals surface area contributed by atoms with Gasteiger partial charge in [0.15, 0.2) is 5.78 Å². The molecule has 0 saturated heterocycles. The van der Waals surface area contributed by atoms with Gasteiger partial charge in [-0.15, -0.1) is 11.3 Å². The second-order valence-corrected chi connectivity index (χ2v) is 6.66. The van der Waals surface area contributed by atoms with E-state index in [1.165, 1.54) is 11.3 Å². The van der Waals surface area contributed by atoms with Crippen LogP contribution >= 0.6 is 50.5 Å². The molecule has 1 nitrogen and oxygen atoms in total. The van der Waals surface area contributed by atoms with Gasteiger partial charge < -0.3 is 0 Å². The van der Waals surface area contributed by atoms with Crippen LogP contribution in [0.1, 0.15) is 15.2 Å². The van der Waals surface area contributed by atoms with E-state index in [-0.39, 0.29) is 12.2 Å². The Hall–Kier alpha value is -0.350. The number of halogens is 3. The summed E-state index contributed by atoms with van der Waals surface area (Å²) in [7, 11) is 0. The lowest BCUT2D eigenvalue weighted by Crippen LogP contribution is -2.01. The van der Waals surface area contributed by atoms with Crippen molar-refractivity contribution in [2.24, 2.45) is 0 Å². The summed E-state index contributed by atoms with van der Waals surface area (Å²) >= 11 is 16.7. The van der Waals surface area contributed by atoms with Crippen LogP contribution in [0.5, 0.6) is 0 Å². The Morgan fingerprint density at radius 2 is 2.00 bits per heavy atom. The number of ketones is 1. The second-order valence-electron chi connectivity index (χ2n) is 3.42. The van der Waals surface area contributed by atoms with E-state index in [1.807, 2.05) is 12.1 Å². The Morgan fingerprint density at radius 3 is 2.65 bits per heavy atom. The summed E-state index contributed by atoms with van der Waals surface area (Å²) in [5.41, 5.74) is 0.758. The molecule has 1 aromatic heterocycles. The first-order chi connectivity index (χ1) is 8.08. The van der Waals surface area contributed by atoms with E-state index in [9.17, 15) is 4.79 Å². The molecule has 0 unspecified atom stereocenters. The lowest BCUT2D eigenvalue weighted by molar-refractivity contribution is 0.0997. The van der Waals surface area contributed by atoms with Gasteiger partial charge in [-0.1, -0.05) is 35.3 Å². The molecule has 17 heavy (non-hydrogen) atoms. The van der Waals surface area contributed by atoms with Gasteiger partial charge in [-0.05, 0) is 39.7 Å². The first-order valence-electron chi connectivity index (χ1n) is 4.79. The highest BCUT2D eigenvalue weighted by atomic mass is 79.9. The number of Topliss-reactive ketones (excluding diaryl/α,β-unsaturated/α-hetero) is 1. The van der Waals surface area contributed by atoms with E-state index in [4.69, 9.17) is 23.2 Å². The molecule has 0 fully saturated rings. The van der Waals surface area contributed by atoms with Crippen LogP contribution < -0.4 is 0 Å². The number of carbonyl (C=O) groups excluding carboxylic acids is 1. The van der Waals surface area contributed by atoms with Crippen LogP contribution in [0.3, 0.4) is 0 Å². The van der Waals surface area contributed by atoms with Crippen LogP contribution in [-0.2, 0) is 6.42 Å². The molecule has 0 aliphatic carbocycles. The van der Waals surface area contributed by atoms with Gasteiger partial charge in [0.2, 0.25) is 0 Å². The monoisotopic (exact) mass is 348 g/mol. The van der Waals surface area contributed by atoms with Crippen molar-refractivity contribution < 1.29 is 4.79 Å². The minimum absolute atomic E-state index is 0.0462. The van der Waals surface area contributed by atoms with E-state index in [2.05, 4.69) is 15.9 Å². The normalized spacial score (nSPS) is 10.5. The molecule has 0 spiro atoms. The van der Waals surface area contributed by atoms with Gasteiger partial charge >= 0.3 is 0 Å². The zero-order valence-electron chi connectivity index (χ0n) is 8.54. The van der Waals surface area contributed by atoms with Gasteiger partial charge in [-0.3, -0.25) is 4.79 Å². The van der Waals surface area contributed by atoms with E-state index in [1.54, 1.807) is 18.2 Å². The minimum atomic E-state index is 0.0462. The molecule has 5 heteroatoms. The quantitative estimate of drug-likeness (QED) is 0.692.